The molecule has 0 aliphatic heterocycles. The maximum Gasteiger partial charge on any atom is 0.416 e. The number of hydrogen-bond donors (Lipinski definition) is 2. The molecule has 4 atom stereocenters. The number of hydrogen-bond acceptors (Lipinski definition) is 1. The van der Waals surface area contributed by atoms with Gasteiger partial charge in [-0.3, -0.25) is 0 Å². The summed E-state index contributed by atoms with van der Waals surface area (Å²) < 4.78 is 38.0. The van der Waals surface area contributed by atoms with Crippen molar-refractivity contribution in [3.63, 3.8) is 0 Å². The molecule has 2 aliphatic rings. The zero-order valence-electron chi connectivity index (χ0n) is 13.0. The van der Waals surface area contributed by atoms with Crippen molar-refractivity contribution in [3.8, 4) is 0 Å². The van der Waals surface area contributed by atoms with Crippen molar-refractivity contribution in [2.45, 2.75) is 44.8 Å². The second-order valence-corrected chi connectivity index (χ2v) is 6.80. The number of rotatable bonds is 3. The topological polar surface area (TPSA) is 41.1 Å². The van der Waals surface area contributed by atoms with Gasteiger partial charge in [0, 0.05) is 11.7 Å². The highest BCUT2D eigenvalue weighted by molar-refractivity contribution is 5.89. The zero-order chi connectivity index (χ0) is 16.6. The average Bonchev–Trinajstić information content (AvgIpc) is 3.09. The number of carbonyl (C=O) groups is 1. The van der Waals surface area contributed by atoms with E-state index in [0.29, 0.717) is 11.8 Å². The third kappa shape index (κ3) is 3.62. The zero-order valence-corrected chi connectivity index (χ0v) is 13.0. The van der Waals surface area contributed by atoms with Crippen LogP contribution in [0.4, 0.5) is 23.7 Å². The monoisotopic (exact) mass is 326 g/mol. The minimum absolute atomic E-state index is 0.0381. The molecule has 0 saturated heterocycles. The molecule has 2 amide bonds. The van der Waals surface area contributed by atoms with Gasteiger partial charge in [-0.2, -0.15) is 13.2 Å². The first-order chi connectivity index (χ1) is 10.8. The van der Waals surface area contributed by atoms with Gasteiger partial charge in [-0.25, -0.2) is 4.79 Å². The van der Waals surface area contributed by atoms with E-state index in [1.807, 2.05) is 6.92 Å². The van der Waals surface area contributed by atoms with Gasteiger partial charge in [-0.1, -0.05) is 12.5 Å². The SMILES string of the molecule is CC(NC(=O)Nc1cccc(C(F)(F)F)c1)C1CC2CCC1C2. The van der Waals surface area contributed by atoms with Crippen LogP contribution in [0.3, 0.4) is 0 Å². The Hall–Kier alpha value is -1.72. The molecule has 4 unspecified atom stereocenters. The second-order valence-electron chi connectivity index (χ2n) is 6.80. The van der Waals surface area contributed by atoms with Crippen LogP contribution in [0.1, 0.15) is 38.2 Å². The first-order valence-corrected chi connectivity index (χ1v) is 8.07. The van der Waals surface area contributed by atoms with Crippen molar-refractivity contribution in [2.75, 3.05) is 5.32 Å². The van der Waals surface area contributed by atoms with E-state index in [-0.39, 0.29) is 11.7 Å². The van der Waals surface area contributed by atoms with Gasteiger partial charge in [0.2, 0.25) is 0 Å². The Labute approximate surface area is 133 Å². The number of carbonyl (C=O) groups excluding carboxylic acids is 1. The summed E-state index contributed by atoms with van der Waals surface area (Å²) in [5.41, 5.74) is -0.617. The van der Waals surface area contributed by atoms with Gasteiger partial charge in [0.25, 0.3) is 0 Å². The summed E-state index contributed by atoms with van der Waals surface area (Å²) >= 11 is 0. The summed E-state index contributed by atoms with van der Waals surface area (Å²) in [5, 5.41) is 5.38. The number of nitrogens with one attached hydrogen (secondary N) is 2. The van der Waals surface area contributed by atoms with Crippen molar-refractivity contribution >= 4 is 11.7 Å². The van der Waals surface area contributed by atoms with Crippen LogP contribution in [0, 0.1) is 17.8 Å². The van der Waals surface area contributed by atoms with E-state index >= 15 is 0 Å². The van der Waals surface area contributed by atoms with E-state index in [0.717, 1.165) is 24.5 Å². The van der Waals surface area contributed by atoms with Crippen LogP contribution < -0.4 is 10.6 Å². The molecule has 2 fully saturated rings. The molecular weight excluding hydrogens is 305 g/mol. The Morgan fingerprint density at radius 2 is 2.04 bits per heavy atom. The standard InChI is InChI=1S/C17H21F3N2O/c1-10(15-8-11-5-6-12(15)7-11)21-16(23)22-14-4-2-3-13(9-14)17(18,19)20/h2-4,9-12,15H,5-8H2,1H3,(H2,21,22,23). The highest BCUT2D eigenvalue weighted by atomic mass is 19.4. The molecule has 2 bridgehead atoms. The predicted molar refractivity (Wildman–Crippen MR) is 82.0 cm³/mol. The van der Waals surface area contributed by atoms with E-state index in [1.165, 1.54) is 31.4 Å². The fourth-order valence-corrected chi connectivity index (χ4v) is 4.16. The molecule has 2 aliphatic carbocycles. The number of halogens is 3. The van der Waals surface area contributed by atoms with Crippen LogP contribution in [-0.2, 0) is 6.18 Å². The number of fused-ring (bicyclic) bond motifs is 2. The first-order valence-electron chi connectivity index (χ1n) is 8.07. The molecule has 1 aromatic carbocycles. The van der Waals surface area contributed by atoms with Gasteiger partial charge in [0.1, 0.15) is 0 Å². The lowest BCUT2D eigenvalue weighted by Gasteiger charge is -2.28. The fourth-order valence-electron chi connectivity index (χ4n) is 4.16. The Bertz CT molecular complexity index is 587. The molecule has 0 heterocycles. The largest absolute Gasteiger partial charge is 0.416 e. The van der Waals surface area contributed by atoms with Gasteiger partial charge in [-0.05, 0) is 62.1 Å². The normalized spacial score (nSPS) is 27.7. The maximum absolute atomic E-state index is 12.7. The number of alkyl halides is 3. The fraction of sp³-hybridized carbons (Fsp3) is 0.588. The van der Waals surface area contributed by atoms with Crippen LogP contribution in [0.25, 0.3) is 0 Å². The Morgan fingerprint density at radius 3 is 2.65 bits per heavy atom. The third-order valence-corrected chi connectivity index (χ3v) is 5.24. The van der Waals surface area contributed by atoms with E-state index in [9.17, 15) is 18.0 Å². The van der Waals surface area contributed by atoms with Crippen LogP contribution in [0.5, 0.6) is 0 Å². The second kappa shape index (κ2) is 6.06. The molecule has 23 heavy (non-hydrogen) atoms. The Kier molecular flexibility index (Phi) is 4.25. The molecule has 2 saturated carbocycles. The van der Waals surface area contributed by atoms with Gasteiger partial charge >= 0.3 is 12.2 Å². The highest BCUT2D eigenvalue weighted by Gasteiger charge is 2.42. The van der Waals surface area contributed by atoms with E-state index in [1.54, 1.807) is 0 Å². The lowest BCUT2D eigenvalue weighted by Crippen LogP contribution is -2.42. The van der Waals surface area contributed by atoms with Gasteiger partial charge in [0.15, 0.2) is 0 Å². The third-order valence-electron chi connectivity index (χ3n) is 5.24. The summed E-state index contributed by atoms with van der Waals surface area (Å²) in [7, 11) is 0. The average molecular weight is 326 g/mol. The lowest BCUT2D eigenvalue weighted by atomic mass is 9.84. The van der Waals surface area contributed by atoms with Crippen molar-refractivity contribution in [1.29, 1.82) is 0 Å². The molecule has 2 N–H and O–H groups in total. The number of anilines is 1. The van der Waals surface area contributed by atoms with E-state index in [2.05, 4.69) is 10.6 Å². The number of benzene rings is 1. The number of urea groups is 1. The minimum Gasteiger partial charge on any atom is -0.335 e. The molecule has 126 valence electrons. The quantitative estimate of drug-likeness (QED) is 0.834. The summed E-state index contributed by atoms with van der Waals surface area (Å²) in [6.07, 6.45) is 0.521. The summed E-state index contributed by atoms with van der Waals surface area (Å²) in [5.74, 6) is 1.96. The van der Waals surface area contributed by atoms with Gasteiger partial charge in [-0.15, -0.1) is 0 Å². The molecule has 0 aromatic heterocycles. The lowest BCUT2D eigenvalue weighted by molar-refractivity contribution is -0.137. The summed E-state index contributed by atoms with van der Waals surface area (Å²) in [6.45, 7) is 1.98. The van der Waals surface area contributed by atoms with Crippen molar-refractivity contribution in [3.05, 3.63) is 29.8 Å². The van der Waals surface area contributed by atoms with Gasteiger partial charge in [0.05, 0.1) is 5.56 Å². The van der Waals surface area contributed by atoms with Gasteiger partial charge < -0.3 is 10.6 Å². The Morgan fingerprint density at radius 1 is 1.26 bits per heavy atom. The molecule has 1 aromatic rings. The van der Waals surface area contributed by atoms with Crippen LogP contribution >= 0.6 is 0 Å². The predicted octanol–water partition coefficient (Wildman–Crippen LogP) is 4.65. The molecule has 3 nitrogen and oxygen atoms in total. The van der Waals surface area contributed by atoms with Crippen LogP contribution in [0.15, 0.2) is 24.3 Å². The minimum atomic E-state index is -4.41. The smallest absolute Gasteiger partial charge is 0.335 e. The maximum atomic E-state index is 12.7. The molecule has 6 heteroatoms. The van der Waals surface area contributed by atoms with Crippen molar-refractivity contribution in [2.24, 2.45) is 17.8 Å². The van der Waals surface area contributed by atoms with E-state index < -0.39 is 17.8 Å². The first kappa shape index (κ1) is 16.1. The summed E-state index contributed by atoms with van der Waals surface area (Å²) in [4.78, 5) is 12.0. The highest BCUT2D eigenvalue weighted by Crippen LogP contribution is 2.49. The molecule has 3 rings (SSSR count). The van der Waals surface area contributed by atoms with E-state index in [4.69, 9.17) is 0 Å². The molecular formula is C17H21F3N2O. The van der Waals surface area contributed by atoms with Crippen LogP contribution in [0.2, 0.25) is 0 Å². The van der Waals surface area contributed by atoms with Crippen LogP contribution in [-0.4, -0.2) is 12.1 Å². The van der Waals surface area contributed by atoms with Crippen molar-refractivity contribution < 1.29 is 18.0 Å². The Balaban J connectivity index is 1.57. The molecule has 0 radical (unpaired) electrons. The molecule has 0 spiro atoms. The van der Waals surface area contributed by atoms with Crippen molar-refractivity contribution in [1.82, 2.24) is 5.32 Å². The summed E-state index contributed by atoms with van der Waals surface area (Å²) in [6, 6.07) is 4.27. The number of amides is 2.